The largest absolute Gasteiger partial charge is 0.496 e. The second-order valence-corrected chi connectivity index (χ2v) is 5.01. The van der Waals surface area contributed by atoms with Crippen molar-refractivity contribution in [3.05, 3.63) is 65.2 Å². The molecule has 1 N–H and O–H groups in total. The Morgan fingerprint density at radius 3 is 2.26 bits per heavy atom. The average molecular weight is 323 g/mol. The summed E-state index contributed by atoms with van der Waals surface area (Å²) in [4.78, 5) is 12.2. The fourth-order valence-electron chi connectivity index (χ4n) is 2.19. The highest BCUT2D eigenvalue weighted by molar-refractivity contribution is 5.94. The summed E-state index contributed by atoms with van der Waals surface area (Å²) >= 11 is 0. The van der Waals surface area contributed by atoms with Crippen molar-refractivity contribution in [2.75, 3.05) is 7.11 Å². The van der Waals surface area contributed by atoms with Crippen LogP contribution >= 0.6 is 0 Å². The van der Waals surface area contributed by atoms with Gasteiger partial charge in [-0.2, -0.15) is 13.2 Å². The molecule has 0 unspecified atom stereocenters. The fourth-order valence-corrected chi connectivity index (χ4v) is 2.19. The molecule has 23 heavy (non-hydrogen) atoms. The molecule has 0 saturated carbocycles. The van der Waals surface area contributed by atoms with Gasteiger partial charge in [0.15, 0.2) is 0 Å². The summed E-state index contributed by atoms with van der Waals surface area (Å²) in [5.74, 6) is 0.185. The lowest BCUT2D eigenvalue weighted by Crippen LogP contribution is -2.27. The minimum absolute atomic E-state index is 0.166. The molecule has 122 valence electrons. The molecular weight excluding hydrogens is 307 g/mol. The lowest BCUT2D eigenvalue weighted by Gasteiger charge is -2.17. The van der Waals surface area contributed by atoms with E-state index in [1.807, 2.05) is 18.2 Å². The molecule has 1 atom stereocenters. The third-order valence-corrected chi connectivity index (χ3v) is 3.43. The Morgan fingerprint density at radius 1 is 1.09 bits per heavy atom. The lowest BCUT2D eigenvalue weighted by molar-refractivity contribution is -0.137. The average Bonchev–Trinajstić information content (AvgIpc) is 2.54. The molecule has 2 rings (SSSR count). The highest BCUT2D eigenvalue weighted by Gasteiger charge is 2.30. The predicted molar refractivity (Wildman–Crippen MR) is 80.3 cm³/mol. The van der Waals surface area contributed by atoms with E-state index >= 15 is 0 Å². The molecule has 0 heterocycles. The minimum Gasteiger partial charge on any atom is -0.496 e. The normalized spacial score (nSPS) is 12.6. The van der Waals surface area contributed by atoms with Crippen molar-refractivity contribution in [2.24, 2.45) is 0 Å². The Morgan fingerprint density at radius 2 is 1.70 bits per heavy atom. The molecule has 0 aliphatic heterocycles. The van der Waals surface area contributed by atoms with E-state index in [1.165, 1.54) is 7.11 Å². The number of hydrogen-bond acceptors (Lipinski definition) is 2. The van der Waals surface area contributed by atoms with E-state index in [4.69, 9.17) is 4.74 Å². The summed E-state index contributed by atoms with van der Waals surface area (Å²) < 4.78 is 42.8. The van der Waals surface area contributed by atoms with Crippen LogP contribution in [0.2, 0.25) is 0 Å². The van der Waals surface area contributed by atoms with Gasteiger partial charge >= 0.3 is 6.18 Å². The van der Waals surface area contributed by atoms with Crippen molar-refractivity contribution < 1.29 is 22.7 Å². The molecule has 0 bridgehead atoms. The first-order valence-electron chi connectivity index (χ1n) is 6.94. The lowest BCUT2D eigenvalue weighted by atomic mass is 10.1. The molecule has 0 saturated heterocycles. The van der Waals surface area contributed by atoms with E-state index in [-0.39, 0.29) is 11.6 Å². The summed E-state index contributed by atoms with van der Waals surface area (Å²) in [6, 6.07) is 11.0. The maximum absolute atomic E-state index is 12.5. The Kier molecular flexibility index (Phi) is 4.93. The van der Waals surface area contributed by atoms with E-state index in [2.05, 4.69) is 5.32 Å². The van der Waals surface area contributed by atoms with Gasteiger partial charge in [0.2, 0.25) is 0 Å². The van der Waals surface area contributed by atoms with Gasteiger partial charge in [0.1, 0.15) is 5.75 Å². The predicted octanol–water partition coefficient (Wildman–Crippen LogP) is 4.21. The molecule has 0 radical (unpaired) electrons. The SMILES string of the molecule is COc1ccccc1[C@@H](C)NC(=O)c1ccc(C(F)(F)F)cc1. The van der Waals surface area contributed by atoms with Crippen molar-refractivity contribution >= 4 is 5.91 Å². The van der Waals surface area contributed by atoms with Crippen molar-refractivity contribution in [2.45, 2.75) is 19.1 Å². The second-order valence-electron chi connectivity index (χ2n) is 5.01. The number of ether oxygens (including phenoxy) is 1. The summed E-state index contributed by atoms with van der Waals surface area (Å²) in [6.45, 7) is 1.78. The van der Waals surface area contributed by atoms with Crippen LogP contribution in [0.3, 0.4) is 0 Å². The highest BCUT2D eigenvalue weighted by atomic mass is 19.4. The molecule has 0 aliphatic rings. The first kappa shape index (κ1) is 16.9. The molecule has 1 amide bonds. The number of benzene rings is 2. The maximum atomic E-state index is 12.5. The third-order valence-electron chi connectivity index (χ3n) is 3.43. The highest BCUT2D eigenvalue weighted by Crippen LogP contribution is 2.29. The Hall–Kier alpha value is -2.50. The van der Waals surface area contributed by atoms with Gasteiger partial charge in [0, 0.05) is 11.1 Å². The molecule has 2 aromatic carbocycles. The van der Waals surface area contributed by atoms with E-state index < -0.39 is 17.6 Å². The zero-order valence-electron chi connectivity index (χ0n) is 12.6. The van der Waals surface area contributed by atoms with Crippen LogP contribution in [0.4, 0.5) is 13.2 Å². The van der Waals surface area contributed by atoms with E-state index in [0.717, 1.165) is 29.8 Å². The van der Waals surface area contributed by atoms with Gasteiger partial charge in [0.05, 0.1) is 18.7 Å². The van der Waals surface area contributed by atoms with Crippen LogP contribution in [0.5, 0.6) is 5.75 Å². The number of carbonyl (C=O) groups excluding carboxylic acids is 1. The van der Waals surface area contributed by atoms with Crippen LogP contribution in [0.15, 0.2) is 48.5 Å². The number of hydrogen-bond donors (Lipinski definition) is 1. The number of carbonyl (C=O) groups is 1. The quantitative estimate of drug-likeness (QED) is 0.915. The summed E-state index contributed by atoms with van der Waals surface area (Å²) in [5.41, 5.74) is 0.168. The minimum atomic E-state index is -4.42. The number of methoxy groups -OCH3 is 1. The summed E-state index contributed by atoms with van der Waals surface area (Å²) in [5, 5.41) is 2.75. The molecule has 0 spiro atoms. The first-order chi connectivity index (χ1) is 10.8. The van der Waals surface area contributed by atoms with E-state index in [0.29, 0.717) is 5.75 Å². The van der Waals surface area contributed by atoms with Gasteiger partial charge in [-0.05, 0) is 37.3 Å². The maximum Gasteiger partial charge on any atom is 0.416 e. The van der Waals surface area contributed by atoms with Crippen molar-refractivity contribution in [3.8, 4) is 5.75 Å². The van der Waals surface area contributed by atoms with Crippen LogP contribution in [-0.4, -0.2) is 13.0 Å². The van der Waals surface area contributed by atoms with Gasteiger partial charge in [-0.3, -0.25) is 4.79 Å². The Labute approximate surface area is 132 Å². The molecule has 0 aromatic heterocycles. The summed E-state index contributed by atoms with van der Waals surface area (Å²) in [6.07, 6.45) is -4.42. The molecule has 2 aromatic rings. The van der Waals surface area contributed by atoms with Gasteiger partial charge in [-0.1, -0.05) is 18.2 Å². The second kappa shape index (κ2) is 6.73. The topological polar surface area (TPSA) is 38.3 Å². The van der Waals surface area contributed by atoms with Crippen LogP contribution in [0.1, 0.15) is 34.5 Å². The van der Waals surface area contributed by atoms with Gasteiger partial charge < -0.3 is 10.1 Å². The number of rotatable bonds is 4. The first-order valence-corrected chi connectivity index (χ1v) is 6.94. The number of halogens is 3. The van der Waals surface area contributed by atoms with Crippen LogP contribution in [0, 0.1) is 0 Å². The van der Waals surface area contributed by atoms with Crippen molar-refractivity contribution in [1.29, 1.82) is 0 Å². The fraction of sp³-hybridized carbons (Fsp3) is 0.235. The van der Waals surface area contributed by atoms with Crippen molar-refractivity contribution in [1.82, 2.24) is 5.32 Å². The monoisotopic (exact) mass is 323 g/mol. The number of para-hydroxylation sites is 1. The number of alkyl halides is 3. The van der Waals surface area contributed by atoms with Gasteiger partial charge in [0.25, 0.3) is 5.91 Å². The van der Waals surface area contributed by atoms with Crippen molar-refractivity contribution in [3.63, 3.8) is 0 Å². The smallest absolute Gasteiger partial charge is 0.416 e. The molecule has 6 heteroatoms. The zero-order valence-corrected chi connectivity index (χ0v) is 12.6. The zero-order chi connectivity index (χ0) is 17.0. The Balaban J connectivity index is 2.12. The standard InChI is InChI=1S/C17H16F3NO2/c1-11(14-5-3-4-6-15(14)23-2)21-16(22)12-7-9-13(10-8-12)17(18,19)20/h3-11H,1-2H3,(H,21,22)/t11-/m1/s1. The van der Waals surface area contributed by atoms with Gasteiger partial charge in [-0.15, -0.1) is 0 Å². The van der Waals surface area contributed by atoms with Gasteiger partial charge in [-0.25, -0.2) is 0 Å². The molecule has 0 aliphatic carbocycles. The Bertz CT molecular complexity index is 681. The third kappa shape index (κ3) is 4.03. The molecule has 3 nitrogen and oxygen atoms in total. The van der Waals surface area contributed by atoms with Crippen LogP contribution in [-0.2, 0) is 6.18 Å². The molecule has 0 fully saturated rings. The van der Waals surface area contributed by atoms with E-state index in [9.17, 15) is 18.0 Å². The van der Waals surface area contributed by atoms with Crippen LogP contribution < -0.4 is 10.1 Å². The summed E-state index contributed by atoms with van der Waals surface area (Å²) in [7, 11) is 1.53. The molecular formula is C17H16F3NO2. The number of nitrogens with one attached hydrogen (secondary N) is 1. The van der Waals surface area contributed by atoms with E-state index in [1.54, 1.807) is 13.0 Å². The number of amides is 1. The van der Waals surface area contributed by atoms with Crippen LogP contribution in [0.25, 0.3) is 0 Å².